The van der Waals surface area contributed by atoms with Crippen LogP contribution in [-0.2, 0) is 4.79 Å². The third-order valence-corrected chi connectivity index (χ3v) is 17.4. The van der Waals surface area contributed by atoms with E-state index in [0.717, 1.165) is 25.9 Å². The van der Waals surface area contributed by atoms with Gasteiger partial charge in [-0.05, 0) is 159 Å². The number of rotatable bonds is 10. The van der Waals surface area contributed by atoms with Crippen LogP contribution < -0.4 is 5.32 Å². The maximum atomic E-state index is 14.0. The lowest BCUT2D eigenvalue weighted by atomic mass is 9.32. The maximum absolute atomic E-state index is 14.0. The number of hydrogen-bond acceptors (Lipinski definition) is 4. The molecule has 0 amide bonds. The average molecular weight is 683 g/mol. The molecule has 5 nitrogen and oxygen atoms in total. The van der Waals surface area contributed by atoms with Crippen molar-refractivity contribution in [1.29, 1.82) is 0 Å². The molecule has 6 heteroatoms. The van der Waals surface area contributed by atoms with Crippen LogP contribution in [-0.4, -0.2) is 67.6 Å². The van der Waals surface area contributed by atoms with Crippen molar-refractivity contribution in [3.8, 4) is 0 Å². The van der Waals surface area contributed by atoms with Crippen molar-refractivity contribution < 1.29 is 19.4 Å². The lowest BCUT2D eigenvalue weighted by Gasteiger charge is -2.72. The summed E-state index contributed by atoms with van der Waals surface area (Å²) in [6.07, 6.45) is 16.7. The zero-order chi connectivity index (χ0) is 35.8. The molecule has 0 aliphatic heterocycles. The lowest BCUT2D eigenvalue weighted by Crippen LogP contribution is -2.66. The van der Waals surface area contributed by atoms with E-state index in [9.17, 15) is 19.4 Å². The summed E-state index contributed by atoms with van der Waals surface area (Å²) in [5.74, 6) is 2.82. The zero-order valence-corrected chi connectivity index (χ0v) is 32.6. The summed E-state index contributed by atoms with van der Waals surface area (Å²) in [6.45, 7) is 19.7. The Morgan fingerprint density at radius 1 is 0.939 bits per heavy atom. The molecule has 0 heterocycles. The Morgan fingerprint density at radius 2 is 1.67 bits per heavy atom. The number of carboxylic acid groups (broad SMARTS) is 1. The highest BCUT2D eigenvalue weighted by Crippen LogP contribution is 2.78. The van der Waals surface area contributed by atoms with Gasteiger partial charge in [0.2, 0.25) is 0 Å². The SMILES string of the molecule is CC(C)[C@@H]1CC[C@]2(C(O)CNCCN(C)C)CC[C@]3(C)[C@H](CC[C@@H]4[C@@]5(C)CC=C(C6=CCC(CF)(C(=O)O)CC6)C(C)(C)[C@@H]5CC[C@]43C)[C@@H]12. The quantitative estimate of drug-likeness (QED) is 0.201. The molecule has 4 saturated carbocycles. The predicted octanol–water partition coefficient (Wildman–Crippen LogP) is 8.92. The minimum atomic E-state index is -1.25. The number of carboxylic acids is 1. The second-order valence-electron chi connectivity index (χ2n) is 20.1. The van der Waals surface area contributed by atoms with Gasteiger partial charge in [0.05, 0.1) is 11.5 Å². The summed E-state index contributed by atoms with van der Waals surface area (Å²) in [4.78, 5) is 14.2. The monoisotopic (exact) mass is 683 g/mol. The van der Waals surface area contributed by atoms with Gasteiger partial charge in [0.15, 0.2) is 0 Å². The van der Waals surface area contributed by atoms with Crippen molar-refractivity contribution in [2.24, 2.45) is 68.0 Å². The number of fused-ring (bicyclic) bond motifs is 7. The molecule has 0 saturated heterocycles. The van der Waals surface area contributed by atoms with Gasteiger partial charge >= 0.3 is 5.97 Å². The van der Waals surface area contributed by atoms with Gasteiger partial charge < -0.3 is 20.4 Å². The van der Waals surface area contributed by atoms with Crippen LogP contribution in [0.4, 0.5) is 4.39 Å². The standard InChI is InChI=1S/C43H71FN2O3/c1-28(2)30-14-21-43(35(47)26-45-24-25-46(8)9)23-22-40(6)32(36(30)43)10-11-34-39(5)17-15-31(38(3,4)33(39)16-18-41(34,40)7)29-12-19-42(27-44,20-13-29)37(48)49/h12,15,28,30,32-36,45,47H,10-11,13-14,16-27H2,1-9H3,(H,48,49)/t30-,32+,33-,34+,35?,36+,39-,40+,41+,42?,43+/m0/s1. The first-order chi connectivity index (χ1) is 22.9. The number of nitrogens with one attached hydrogen (secondary N) is 1. The van der Waals surface area contributed by atoms with Crippen molar-refractivity contribution in [2.75, 3.05) is 40.4 Å². The minimum absolute atomic E-state index is 0.00351. The van der Waals surface area contributed by atoms with Gasteiger partial charge in [0.1, 0.15) is 6.67 Å². The van der Waals surface area contributed by atoms with E-state index in [1.54, 1.807) is 0 Å². The van der Waals surface area contributed by atoms with Crippen LogP contribution in [0.1, 0.15) is 126 Å². The Labute approximate surface area is 298 Å². The van der Waals surface area contributed by atoms with Crippen molar-refractivity contribution in [3.63, 3.8) is 0 Å². The van der Waals surface area contributed by atoms with Crippen LogP contribution in [0.5, 0.6) is 0 Å². The van der Waals surface area contributed by atoms with Crippen molar-refractivity contribution in [3.05, 3.63) is 23.3 Å². The Morgan fingerprint density at radius 3 is 2.29 bits per heavy atom. The Bertz CT molecular complexity index is 1320. The number of carbonyl (C=O) groups is 1. The molecular formula is C43H71FN2O3. The first-order valence-electron chi connectivity index (χ1n) is 20.2. The predicted molar refractivity (Wildman–Crippen MR) is 198 cm³/mol. The highest BCUT2D eigenvalue weighted by molar-refractivity contribution is 5.75. The topological polar surface area (TPSA) is 72.8 Å². The molecule has 2 unspecified atom stereocenters. The summed E-state index contributed by atoms with van der Waals surface area (Å²) >= 11 is 0. The van der Waals surface area contributed by atoms with E-state index in [2.05, 4.69) is 84.9 Å². The molecule has 6 aliphatic rings. The summed E-state index contributed by atoms with van der Waals surface area (Å²) < 4.78 is 14.0. The van der Waals surface area contributed by atoms with Crippen LogP contribution in [0.3, 0.4) is 0 Å². The first-order valence-corrected chi connectivity index (χ1v) is 20.2. The molecule has 0 aromatic carbocycles. The van der Waals surface area contributed by atoms with Crippen LogP contribution >= 0.6 is 0 Å². The van der Waals surface area contributed by atoms with E-state index in [-0.39, 0.29) is 33.2 Å². The molecule has 0 aromatic heterocycles. The molecule has 4 fully saturated rings. The first kappa shape index (κ1) is 37.5. The smallest absolute Gasteiger partial charge is 0.312 e. The van der Waals surface area contributed by atoms with Crippen molar-refractivity contribution >= 4 is 5.97 Å². The van der Waals surface area contributed by atoms with E-state index in [1.807, 2.05) is 0 Å². The lowest BCUT2D eigenvalue weighted by molar-refractivity contribution is -0.238. The highest BCUT2D eigenvalue weighted by Gasteiger charge is 2.71. The molecule has 3 N–H and O–H groups in total. The number of allylic oxidation sites excluding steroid dienone is 4. The van der Waals surface area contributed by atoms with Crippen LogP contribution in [0, 0.1) is 68.0 Å². The second kappa shape index (κ2) is 13.0. The normalized spacial score (nSPS) is 45.1. The van der Waals surface area contributed by atoms with E-state index in [4.69, 9.17) is 0 Å². The Hall–Kier alpha value is -1.24. The average Bonchev–Trinajstić information content (AvgIpc) is 3.44. The maximum Gasteiger partial charge on any atom is 0.312 e. The fourth-order valence-electron chi connectivity index (χ4n) is 14.4. The van der Waals surface area contributed by atoms with Crippen molar-refractivity contribution in [1.82, 2.24) is 10.2 Å². The number of halogens is 1. The molecule has 0 spiro atoms. The fourth-order valence-corrected chi connectivity index (χ4v) is 14.4. The van der Waals surface area contributed by atoms with E-state index in [0.29, 0.717) is 61.3 Å². The molecule has 278 valence electrons. The van der Waals surface area contributed by atoms with E-state index in [1.165, 1.54) is 56.1 Å². The van der Waals surface area contributed by atoms with Gasteiger partial charge in [-0.15, -0.1) is 0 Å². The summed E-state index contributed by atoms with van der Waals surface area (Å²) in [6, 6.07) is 0. The summed E-state index contributed by atoms with van der Waals surface area (Å²) in [5.41, 5.74) is 2.22. The fraction of sp³-hybridized carbons (Fsp3) is 0.884. The van der Waals surface area contributed by atoms with Gasteiger partial charge in [-0.3, -0.25) is 4.79 Å². The Kier molecular flexibility index (Phi) is 9.96. The van der Waals surface area contributed by atoms with Gasteiger partial charge in [-0.2, -0.15) is 0 Å². The number of aliphatic carboxylic acids is 1. The molecule has 0 radical (unpaired) electrons. The molecule has 11 atom stereocenters. The zero-order valence-electron chi connectivity index (χ0n) is 32.6. The number of alkyl halides is 1. The largest absolute Gasteiger partial charge is 0.481 e. The third-order valence-electron chi connectivity index (χ3n) is 17.4. The molecule has 6 rings (SSSR count). The molecule has 49 heavy (non-hydrogen) atoms. The number of aliphatic hydroxyl groups is 1. The number of nitrogens with zero attached hydrogens (tertiary/aromatic N) is 1. The number of hydrogen-bond donors (Lipinski definition) is 3. The van der Waals surface area contributed by atoms with Crippen LogP contribution in [0.15, 0.2) is 23.3 Å². The minimum Gasteiger partial charge on any atom is -0.481 e. The van der Waals surface area contributed by atoms with Gasteiger partial charge in [-0.25, -0.2) is 4.39 Å². The molecule has 0 bridgehead atoms. The Balaban J connectivity index is 1.28. The van der Waals surface area contributed by atoms with Gasteiger partial charge in [-0.1, -0.05) is 60.6 Å². The summed E-state index contributed by atoms with van der Waals surface area (Å²) in [5, 5.41) is 25.5. The number of aliphatic hydroxyl groups excluding tert-OH is 1. The molecular weight excluding hydrogens is 611 g/mol. The highest BCUT2D eigenvalue weighted by atomic mass is 19.1. The van der Waals surface area contributed by atoms with E-state index < -0.39 is 18.1 Å². The van der Waals surface area contributed by atoms with Gasteiger partial charge in [0, 0.05) is 25.0 Å². The second-order valence-corrected chi connectivity index (χ2v) is 20.1. The van der Waals surface area contributed by atoms with Crippen LogP contribution in [0.2, 0.25) is 0 Å². The van der Waals surface area contributed by atoms with Crippen molar-refractivity contribution in [2.45, 2.75) is 132 Å². The van der Waals surface area contributed by atoms with Gasteiger partial charge in [0.25, 0.3) is 0 Å². The summed E-state index contributed by atoms with van der Waals surface area (Å²) in [7, 11) is 4.23. The third kappa shape index (κ3) is 5.56. The molecule has 0 aromatic rings. The number of likely N-dealkylation sites (N-methyl/N-ethyl adjacent to an activating group) is 1. The van der Waals surface area contributed by atoms with Crippen LogP contribution in [0.25, 0.3) is 0 Å². The van der Waals surface area contributed by atoms with E-state index >= 15 is 0 Å². The molecule has 6 aliphatic carbocycles.